The molecule has 1 aliphatic carbocycles. The fraction of sp³-hybridized carbons (Fsp3) is 0.263. The molecule has 0 saturated heterocycles. The van der Waals surface area contributed by atoms with Gasteiger partial charge in [-0.25, -0.2) is 13.4 Å². The third-order valence-electron chi connectivity index (χ3n) is 4.22. The first kappa shape index (κ1) is 18.1. The van der Waals surface area contributed by atoms with Crippen LogP contribution in [-0.2, 0) is 23.2 Å². The van der Waals surface area contributed by atoms with Crippen LogP contribution in [0.4, 0.5) is 0 Å². The highest BCUT2D eigenvalue weighted by molar-refractivity contribution is 7.89. The molecule has 27 heavy (non-hydrogen) atoms. The van der Waals surface area contributed by atoms with E-state index in [2.05, 4.69) is 9.97 Å². The van der Waals surface area contributed by atoms with Crippen molar-refractivity contribution >= 4 is 21.4 Å². The Labute approximate surface area is 162 Å². The molecular formula is C19H19N3O3S2. The Kier molecular flexibility index (Phi) is 5.20. The van der Waals surface area contributed by atoms with Crippen molar-refractivity contribution in [3.8, 4) is 5.75 Å². The number of ether oxygens (including phenoxy) is 1. The number of thiazole rings is 1. The molecular weight excluding hydrogens is 382 g/mol. The summed E-state index contributed by atoms with van der Waals surface area (Å²) in [6, 6.07) is 12.8. The molecule has 0 atom stereocenters. The predicted octanol–water partition coefficient (Wildman–Crippen LogP) is 3.47. The van der Waals surface area contributed by atoms with Gasteiger partial charge in [-0.2, -0.15) is 4.31 Å². The van der Waals surface area contributed by atoms with E-state index in [1.807, 2.05) is 35.7 Å². The van der Waals surface area contributed by atoms with Gasteiger partial charge in [0.1, 0.15) is 22.3 Å². The summed E-state index contributed by atoms with van der Waals surface area (Å²) in [4.78, 5) is 8.72. The molecule has 4 rings (SSSR count). The van der Waals surface area contributed by atoms with Crippen LogP contribution in [0.1, 0.15) is 23.5 Å². The van der Waals surface area contributed by atoms with E-state index in [1.54, 1.807) is 22.6 Å². The second-order valence-electron chi connectivity index (χ2n) is 6.30. The summed E-state index contributed by atoms with van der Waals surface area (Å²) in [7, 11) is -3.58. The summed E-state index contributed by atoms with van der Waals surface area (Å²) in [6.45, 7) is 0.636. The number of aromatic nitrogens is 2. The molecule has 140 valence electrons. The van der Waals surface area contributed by atoms with Crippen molar-refractivity contribution in [1.82, 2.24) is 14.3 Å². The van der Waals surface area contributed by atoms with E-state index in [4.69, 9.17) is 4.74 Å². The molecule has 8 heteroatoms. The third-order valence-corrected chi connectivity index (χ3v) is 6.97. The minimum atomic E-state index is -3.58. The third kappa shape index (κ3) is 4.35. The molecule has 6 nitrogen and oxygen atoms in total. The average Bonchev–Trinajstić information content (AvgIpc) is 3.44. The van der Waals surface area contributed by atoms with E-state index < -0.39 is 10.0 Å². The quantitative estimate of drug-likeness (QED) is 0.578. The van der Waals surface area contributed by atoms with E-state index in [0.717, 1.165) is 29.3 Å². The maximum absolute atomic E-state index is 13.0. The van der Waals surface area contributed by atoms with Crippen LogP contribution in [0.5, 0.6) is 5.75 Å². The lowest BCUT2D eigenvalue weighted by Crippen LogP contribution is -2.32. The monoisotopic (exact) mass is 401 g/mol. The number of benzene rings is 1. The Morgan fingerprint density at radius 2 is 1.96 bits per heavy atom. The van der Waals surface area contributed by atoms with Crippen LogP contribution in [0.25, 0.3) is 0 Å². The first-order chi connectivity index (χ1) is 13.1. The molecule has 0 N–H and O–H groups in total. The van der Waals surface area contributed by atoms with E-state index in [9.17, 15) is 8.42 Å². The highest BCUT2D eigenvalue weighted by Gasteiger charge is 2.38. The Morgan fingerprint density at radius 3 is 2.67 bits per heavy atom. The molecule has 1 aromatic carbocycles. The average molecular weight is 402 g/mol. The molecule has 0 bridgehead atoms. The lowest BCUT2D eigenvalue weighted by atomic mass is 10.3. The van der Waals surface area contributed by atoms with Crippen molar-refractivity contribution in [3.63, 3.8) is 0 Å². The van der Waals surface area contributed by atoms with Gasteiger partial charge < -0.3 is 4.74 Å². The zero-order chi connectivity index (χ0) is 18.7. The molecule has 1 fully saturated rings. The van der Waals surface area contributed by atoms with E-state index in [1.165, 1.54) is 17.5 Å². The van der Waals surface area contributed by atoms with Crippen LogP contribution in [0.3, 0.4) is 0 Å². The Hall–Kier alpha value is -2.29. The molecule has 0 radical (unpaired) electrons. The second kappa shape index (κ2) is 7.75. The van der Waals surface area contributed by atoms with Crippen LogP contribution < -0.4 is 4.74 Å². The van der Waals surface area contributed by atoms with Crippen molar-refractivity contribution in [2.75, 3.05) is 0 Å². The van der Waals surface area contributed by atoms with Gasteiger partial charge in [0, 0.05) is 23.8 Å². The summed E-state index contributed by atoms with van der Waals surface area (Å²) in [5.41, 5.74) is 0.742. The summed E-state index contributed by atoms with van der Waals surface area (Å²) in [5.74, 6) is 0.785. The maximum Gasteiger partial charge on any atom is 0.245 e. The number of rotatable bonds is 8. The van der Waals surface area contributed by atoms with Crippen LogP contribution in [0.15, 0.2) is 65.1 Å². The van der Waals surface area contributed by atoms with E-state index in [-0.39, 0.29) is 17.5 Å². The van der Waals surface area contributed by atoms with Gasteiger partial charge in [-0.15, -0.1) is 11.3 Å². The van der Waals surface area contributed by atoms with E-state index in [0.29, 0.717) is 6.61 Å². The Bertz CT molecular complexity index is 987. The van der Waals surface area contributed by atoms with Crippen molar-refractivity contribution in [1.29, 1.82) is 0 Å². The van der Waals surface area contributed by atoms with Crippen LogP contribution in [-0.4, -0.2) is 28.7 Å². The van der Waals surface area contributed by atoms with Crippen molar-refractivity contribution in [2.24, 2.45) is 0 Å². The Balaban J connectivity index is 1.46. The standard InChI is InChI=1S/C19H19N3O3S2/c23-27(24,18-7-4-10-20-11-18)22(16-8-9-16)12-15-14-26-19(21-15)13-25-17-5-2-1-3-6-17/h1-7,10-11,14,16H,8-9,12-13H2. The molecule has 1 saturated carbocycles. The Morgan fingerprint density at radius 1 is 1.15 bits per heavy atom. The molecule has 0 spiro atoms. The number of pyridine rings is 1. The van der Waals surface area contributed by atoms with Gasteiger partial charge in [0.2, 0.25) is 10.0 Å². The maximum atomic E-state index is 13.0. The summed E-state index contributed by atoms with van der Waals surface area (Å²) in [5, 5.41) is 2.72. The van der Waals surface area contributed by atoms with Crippen molar-refractivity contribution in [3.05, 3.63) is 70.9 Å². The van der Waals surface area contributed by atoms with Gasteiger partial charge in [-0.3, -0.25) is 4.98 Å². The van der Waals surface area contributed by atoms with Gasteiger partial charge in [-0.05, 0) is 37.1 Å². The minimum Gasteiger partial charge on any atom is -0.486 e. The first-order valence-corrected chi connectivity index (χ1v) is 11.0. The smallest absolute Gasteiger partial charge is 0.245 e. The molecule has 1 aliphatic rings. The summed E-state index contributed by atoms with van der Waals surface area (Å²) in [6.07, 6.45) is 4.73. The number of nitrogens with zero attached hydrogens (tertiary/aromatic N) is 3. The first-order valence-electron chi connectivity index (χ1n) is 8.66. The van der Waals surface area contributed by atoms with Crippen molar-refractivity contribution < 1.29 is 13.2 Å². The molecule has 2 heterocycles. The van der Waals surface area contributed by atoms with Gasteiger partial charge in [0.15, 0.2) is 0 Å². The summed E-state index contributed by atoms with van der Waals surface area (Å²) < 4.78 is 33.2. The SMILES string of the molecule is O=S(=O)(c1cccnc1)N(Cc1csc(COc2ccccc2)n1)C1CC1. The van der Waals surface area contributed by atoms with Gasteiger partial charge in [0.05, 0.1) is 12.2 Å². The predicted molar refractivity (Wildman–Crippen MR) is 103 cm³/mol. The lowest BCUT2D eigenvalue weighted by Gasteiger charge is -2.20. The zero-order valence-electron chi connectivity index (χ0n) is 14.6. The molecule has 0 amide bonds. The van der Waals surface area contributed by atoms with Gasteiger partial charge in [-0.1, -0.05) is 18.2 Å². The molecule has 0 aliphatic heterocycles. The van der Waals surface area contributed by atoms with Gasteiger partial charge >= 0.3 is 0 Å². The number of para-hydroxylation sites is 1. The van der Waals surface area contributed by atoms with Crippen LogP contribution >= 0.6 is 11.3 Å². The number of sulfonamides is 1. The molecule has 0 unspecified atom stereocenters. The largest absolute Gasteiger partial charge is 0.486 e. The summed E-state index contributed by atoms with van der Waals surface area (Å²) >= 11 is 1.48. The molecule has 3 aromatic rings. The molecule has 2 aromatic heterocycles. The second-order valence-corrected chi connectivity index (χ2v) is 9.14. The van der Waals surface area contributed by atoms with E-state index >= 15 is 0 Å². The lowest BCUT2D eigenvalue weighted by molar-refractivity contribution is 0.305. The topological polar surface area (TPSA) is 72.4 Å². The van der Waals surface area contributed by atoms with Crippen LogP contribution in [0, 0.1) is 0 Å². The number of hydrogen-bond donors (Lipinski definition) is 0. The normalized spacial score (nSPS) is 14.4. The van der Waals surface area contributed by atoms with Crippen LogP contribution in [0.2, 0.25) is 0 Å². The minimum absolute atomic E-state index is 0.0425. The highest BCUT2D eigenvalue weighted by Crippen LogP contribution is 2.33. The fourth-order valence-corrected chi connectivity index (χ4v) is 5.03. The zero-order valence-corrected chi connectivity index (χ0v) is 16.2. The number of hydrogen-bond acceptors (Lipinski definition) is 6. The highest BCUT2D eigenvalue weighted by atomic mass is 32.2. The van der Waals surface area contributed by atoms with Gasteiger partial charge in [0.25, 0.3) is 0 Å². The fourth-order valence-electron chi connectivity index (χ4n) is 2.72. The van der Waals surface area contributed by atoms with Crippen molar-refractivity contribution in [2.45, 2.75) is 36.9 Å².